The van der Waals surface area contributed by atoms with Crippen LogP contribution in [0.5, 0.6) is 0 Å². The number of anilines is 1. The van der Waals surface area contributed by atoms with Gasteiger partial charge in [-0.15, -0.1) is 0 Å². The molecule has 3 heterocycles. The number of aryl methyl sites for hydroxylation is 1. The monoisotopic (exact) mass is 540 g/mol. The molecule has 1 spiro atoms. The van der Waals surface area contributed by atoms with Crippen molar-refractivity contribution in [3.05, 3.63) is 17.8 Å². The lowest BCUT2D eigenvalue weighted by molar-refractivity contribution is -0.136. The van der Waals surface area contributed by atoms with Crippen LogP contribution in [-0.4, -0.2) is 85.4 Å². The van der Waals surface area contributed by atoms with E-state index in [0.717, 1.165) is 0 Å². The van der Waals surface area contributed by atoms with Crippen molar-refractivity contribution in [1.82, 2.24) is 14.2 Å². The van der Waals surface area contributed by atoms with Crippen molar-refractivity contribution in [1.29, 1.82) is 0 Å². The maximum atomic E-state index is 14.1. The number of ether oxygens (including phenoxy) is 1. The lowest BCUT2D eigenvalue weighted by Gasteiger charge is -2.41. The summed E-state index contributed by atoms with van der Waals surface area (Å²) in [6, 6.07) is 2.23. The molecule has 1 aromatic heterocycles. The third kappa shape index (κ3) is 4.54. The van der Waals surface area contributed by atoms with Crippen molar-refractivity contribution in [2.24, 2.45) is 5.41 Å². The predicted molar refractivity (Wildman–Crippen MR) is 135 cm³/mol. The van der Waals surface area contributed by atoms with Crippen LogP contribution in [0.25, 0.3) is 0 Å². The Balaban J connectivity index is 1.37. The van der Waals surface area contributed by atoms with Crippen molar-refractivity contribution in [3.8, 4) is 0 Å². The van der Waals surface area contributed by atoms with Gasteiger partial charge >= 0.3 is 0 Å². The summed E-state index contributed by atoms with van der Waals surface area (Å²) in [6.07, 6.45) is 2.84. The summed E-state index contributed by atoms with van der Waals surface area (Å²) in [6.45, 7) is 7.01. The molecule has 4 aliphatic rings. The van der Waals surface area contributed by atoms with Gasteiger partial charge in [0.1, 0.15) is 16.8 Å². The summed E-state index contributed by atoms with van der Waals surface area (Å²) < 4.78 is 62.8. The zero-order valence-corrected chi connectivity index (χ0v) is 22.9. The highest BCUT2D eigenvalue weighted by Crippen LogP contribution is 2.67. The Kier molecular flexibility index (Phi) is 6.80. The zero-order chi connectivity index (χ0) is 26.8. The molecule has 2 aliphatic heterocycles. The van der Waals surface area contributed by atoms with E-state index in [1.54, 1.807) is 24.1 Å². The van der Waals surface area contributed by atoms with E-state index < -0.39 is 27.4 Å². The maximum Gasteiger partial charge on any atom is 0.254 e. The highest BCUT2D eigenvalue weighted by molar-refractivity contribution is 7.89. The number of halogens is 2. The molecule has 2 aliphatic carbocycles. The average molecular weight is 541 g/mol. The first-order valence-corrected chi connectivity index (χ1v) is 14.8. The number of hydrogen-bond acceptors (Lipinski definition) is 6. The first-order chi connectivity index (χ1) is 17.4. The number of likely N-dealkylation sites (N-methyl/N-ethyl adjacent to an activating group) is 1. The van der Waals surface area contributed by atoms with E-state index in [2.05, 4.69) is 4.98 Å². The number of pyridine rings is 1. The van der Waals surface area contributed by atoms with Gasteiger partial charge in [0.05, 0.1) is 25.3 Å². The maximum absolute atomic E-state index is 14.1. The molecule has 0 bridgehead atoms. The normalized spacial score (nSPS) is 34.1. The van der Waals surface area contributed by atoms with Gasteiger partial charge in [0.15, 0.2) is 0 Å². The first-order valence-electron chi connectivity index (χ1n) is 13.4. The second-order valence-corrected chi connectivity index (χ2v) is 13.4. The Labute approximate surface area is 218 Å². The first kappa shape index (κ1) is 26.7. The molecule has 0 aromatic carbocycles. The minimum Gasteiger partial charge on any atom is -0.377 e. The summed E-state index contributed by atoms with van der Waals surface area (Å²) in [5.74, 6) is -2.43. The van der Waals surface area contributed by atoms with Crippen LogP contribution in [-0.2, 0) is 19.6 Å². The Morgan fingerprint density at radius 3 is 2.35 bits per heavy atom. The Morgan fingerprint density at radius 2 is 1.76 bits per heavy atom. The van der Waals surface area contributed by atoms with Crippen molar-refractivity contribution in [3.63, 3.8) is 0 Å². The summed E-state index contributed by atoms with van der Waals surface area (Å²) in [7, 11) is -2.33. The molecule has 0 radical (unpaired) electrons. The molecule has 206 valence electrons. The van der Waals surface area contributed by atoms with E-state index in [9.17, 15) is 22.0 Å². The number of amides is 1. The van der Waals surface area contributed by atoms with Gasteiger partial charge in [-0.25, -0.2) is 22.2 Å². The van der Waals surface area contributed by atoms with Crippen LogP contribution in [0.3, 0.4) is 0 Å². The summed E-state index contributed by atoms with van der Waals surface area (Å²) in [5, 5.41) is 0. The topological polar surface area (TPSA) is 83.1 Å². The number of hydrogen-bond donors (Lipinski definition) is 0. The highest BCUT2D eigenvalue weighted by atomic mass is 32.2. The summed E-state index contributed by atoms with van der Waals surface area (Å²) in [4.78, 5) is 22.0. The van der Waals surface area contributed by atoms with E-state index in [4.69, 9.17) is 4.74 Å². The molecule has 5 rings (SSSR count). The number of rotatable bonds is 5. The van der Waals surface area contributed by atoms with Gasteiger partial charge in [0.25, 0.3) is 5.92 Å². The lowest BCUT2D eigenvalue weighted by atomic mass is 9.82. The standard InChI is InChI=1S/C26H38F2N4O4S/c1-17-7-8-22(23(29-17)32-18(2)14-36-15-19(32)3)37(34,35)31-13-5-6-21(31)24(33)30(4)20-9-11-25(12-10-20)16-26(25,27)28/h7-8,18-21H,5-6,9-16H2,1-4H3/t18-,19-,20?,21-,25?/m0/s1. The largest absolute Gasteiger partial charge is 0.377 e. The second kappa shape index (κ2) is 9.41. The van der Waals surface area contributed by atoms with Crippen LogP contribution < -0.4 is 4.90 Å². The Hall–Kier alpha value is -1.85. The smallest absolute Gasteiger partial charge is 0.254 e. The van der Waals surface area contributed by atoms with Crippen molar-refractivity contribution < 1.29 is 26.7 Å². The van der Waals surface area contributed by atoms with Gasteiger partial charge in [-0.3, -0.25) is 4.79 Å². The van der Waals surface area contributed by atoms with Gasteiger partial charge in [-0.1, -0.05) is 0 Å². The fraction of sp³-hybridized carbons (Fsp3) is 0.769. The molecule has 1 amide bonds. The number of nitrogens with zero attached hydrogens (tertiary/aromatic N) is 4. The van der Waals surface area contributed by atoms with Crippen molar-refractivity contribution >= 4 is 21.7 Å². The van der Waals surface area contributed by atoms with E-state index in [1.165, 1.54) is 4.31 Å². The van der Waals surface area contributed by atoms with Crippen LogP contribution >= 0.6 is 0 Å². The van der Waals surface area contributed by atoms with Crippen LogP contribution in [0, 0.1) is 12.3 Å². The fourth-order valence-corrected chi connectivity index (χ4v) is 8.39. The molecular weight excluding hydrogens is 502 g/mol. The molecule has 8 nitrogen and oxygen atoms in total. The molecule has 1 aromatic rings. The number of carbonyl (C=O) groups excluding carboxylic acids is 1. The fourth-order valence-electron chi connectivity index (χ4n) is 6.62. The highest BCUT2D eigenvalue weighted by Gasteiger charge is 2.70. The molecule has 2 saturated carbocycles. The number of carbonyl (C=O) groups is 1. The minimum absolute atomic E-state index is 0.0493. The molecule has 11 heteroatoms. The molecule has 3 atom stereocenters. The number of sulfonamides is 1. The number of morpholine rings is 1. The zero-order valence-electron chi connectivity index (χ0n) is 22.1. The number of aromatic nitrogens is 1. The molecular formula is C26H38F2N4O4S. The molecule has 37 heavy (non-hydrogen) atoms. The molecule has 0 unspecified atom stereocenters. The summed E-state index contributed by atoms with van der Waals surface area (Å²) >= 11 is 0. The SMILES string of the molecule is Cc1ccc(S(=O)(=O)N2CCC[C@H]2C(=O)N(C)C2CCC3(CC2)CC3(F)F)c(N2[C@@H](C)COC[C@@H]2C)n1. The third-order valence-electron chi connectivity index (χ3n) is 8.99. The van der Waals surface area contributed by atoms with E-state index in [1.807, 2.05) is 25.7 Å². The van der Waals surface area contributed by atoms with Crippen molar-refractivity contribution in [2.75, 3.05) is 31.7 Å². The average Bonchev–Trinajstić information content (AvgIpc) is 3.16. The van der Waals surface area contributed by atoms with Gasteiger partial charge in [0, 0.05) is 37.2 Å². The van der Waals surface area contributed by atoms with Crippen LogP contribution in [0.2, 0.25) is 0 Å². The van der Waals surface area contributed by atoms with E-state index >= 15 is 0 Å². The Bertz CT molecular complexity index is 1150. The molecule has 0 N–H and O–H groups in total. The van der Waals surface area contributed by atoms with E-state index in [0.29, 0.717) is 63.3 Å². The quantitative estimate of drug-likeness (QED) is 0.568. The third-order valence-corrected chi connectivity index (χ3v) is 10.9. The van der Waals surface area contributed by atoms with Gasteiger partial charge in [0.2, 0.25) is 15.9 Å². The van der Waals surface area contributed by atoms with Crippen molar-refractivity contribution in [2.45, 2.75) is 101 Å². The van der Waals surface area contributed by atoms with Crippen LogP contribution in [0.4, 0.5) is 14.6 Å². The second-order valence-electron chi connectivity index (χ2n) is 11.5. The van der Waals surface area contributed by atoms with Crippen LogP contribution in [0.1, 0.15) is 64.5 Å². The van der Waals surface area contributed by atoms with E-state index in [-0.39, 0.29) is 41.9 Å². The molecule has 4 fully saturated rings. The lowest BCUT2D eigenvalue weighted by Crippen LogP contribution is -2.52. The van der Waals surface area contributed by atoms with Gasteiger partial charge in [-0.05, 0) is 71.4 Å². The van der Waals surface area contributed by atoms with Gasteiger partial charge < -0.3 is 14.5 Å². The number of alkyl halides is 2. The van der Waals surface area contributed by atoms with Gasteiger partial charge in [-0.2, -0.15) is 4.31 Å². The predicted octanol–water partition coefficient (Wildman–Crippen LogP) is 3.58. The minimum atomic E-state index is -4.02. The molecule has 2 saturated heterocycles. The van der Waals surface area contributed by atoms with Crippen LogP contribution in [0.15, 0.2) is 17.0 Å². The summed E-state index contributed by atoms with van der Waals surface area (Å²) in [5.41, 5.74) is -0.163. The Morgan fingerprint density at radius 1 is 1.14 bits per heavy atom.